The van der Waals surface area contributed by atoms with E-state index in [-0.39, 0.29) is 18.5 Å². The monoisotopic (exact) mass is 353 g/mol. The van der Waals surface area contributed by atoms with Gasteiger partial charge in [0.1, 0.15) is 19.0 Å². The normalized spacial score (nSPS) is 10.3. The van der Waals surface area contributed by atoms with Gasteiger partial charge in [-0.05, 0) is 30.7 Å². The van der Waals surface area contributed by atoms with E-state index in [1.807, 2.05) is 6.92 Å². The standard InChI is InChI=1S/C18H27NO6/c1-3-4-18(21)25-14-12-23-10-9-22-11-13-24-17-7-5-16(6-8-17)19-15(2)20/h5-8H,3-4,9-14H2,1-2H3,(H,19,20). The van der Waals surface area contributed by atoms with Crippen LogP contribution < -0.4 is 10.1 Å². The number of hydrogen-bond acceptors (Lipinski definition) is 6. The van der Waals surface area contributed by atoms with Crippen molar-refractivity contribution in [3.8, 4) is 5.75 Å². The molecule has 25 heavy (non-hydrogen) atoms. The number of ether oxygens (including phenoxy) is 4. The Kier molecular flexibility index (Phi) is 11.0. The van der Waals surface area contributed by atoms with Gasteiger partial charge in [0.25, 0.3) is 0 Å². The molecular weight excluding hydrogens is 326 g/mol. The number of carbonyl (C=O) groups excluding carboxylic acids is 2. The maximum Gasteiger partial charge on any atom is 0.305 e. The van der Waals surface area contributed by atoms with Crippen LogP contribution in [0.3, 0.4) is 0 Å². The summed E-state index contributed by atoms with van der Waals surface area (Å²) >= 11 is 0. The molecule has 0 saturated carbocycles. The summed E-state index contributed by atoms with van der Waals surface area (Å²) < 4.78 is 21.2. The van der Waals surface area contributed by atoms with E-state index in [2.05, 4.69) is 5.32 Å². The van der Waals surface area contributed by atoms with E-state index in [0.29, 0.717) is 45.2 Å². The number of amides is 1. The van der Waals surface area contributed by atoms with Crippen LogP contribution in [0.25, 0.3) is 0 Å². The average molecular weight is 353 g/mol. The minimum Gasteiger partial charge on any atom is -0.491 e. The Hall–Kier alpha value is -2.12. The maximum atomic E-state index is 11.1. The van der Waals surface area contributed by atoms with Crippen molar-refractivity contribution >= 4 is 17.6 Å². The molecule has 0 aliphatic rings. The molecule has 0 atom stereocenters. The van der Waals surface area contributed by atoms with E-state index in [1.165, 1.54) is 6.92 Å². The maximum absolute atomic E-state index is 11.1. The highest BCUT2D eigenvalue weighted by Gasteiger charge is 2.00. The van der Waals surface area contributed by atoms with Crippen LogP contribution >= 0.6 is 0 Å². The Bertz CT molecular complexity index is 503. The number of anilines is 1. The Morgan fingerprint density at radius 3 is 2.12 bits per heavy atom. The number of benzene rings is 1. The molecule has 0 aliphatic carbocycles. The first-order valence-corrected chi connectivity index (χ1v) is 8.43. The molecule has 1 rings (SSSR count). The van der Waals surface area contributed by atoms with Crippen LogP contribution in [-0.2, 0) is 23.8 Å². The molecule has 1 aromatic rings. The van der Waals surface area contributed by atoms with Gasteiger partial charge in [-0.15, -0.1) is 0 Å². The first-order chi connectivity index (χ1) is 12.1. The van der Waals surface area contributed by atoms with E-state index in [0.717, 1.165) is 12.1 Å². The van der Waals surface area contributed by atoms with E-state index < -0.39 is 0 Å². The molecule has 0 radical (unpaired) electrons. The molecule has 0 aliphatic heterocycles. The van der Waals surface area contributed by atoms with Crippen molar-refractivity contribution in [2.75, 3.05) is 45.0 Å². The molecule has 0 spiro atoms. The quantitative estimate of drug-likeness (QED) is 0.433. The molecule has 0 unspecified atom stereocenters. The van der Waals surface area contributed by atoms with Gasteiger partial charge in [-0.3, -0.25) is 9.59 Å². The highest BCUT2D eigenvalue weighted by Crippen LogP contribution is 2.15. The molecule has 0 heterocycles. The van der Waals surface area contributed by atoms with Crippen molar-refractivity contribution in [1.29, 1.82) is 0 Å². The fourth-order valence-corrected chi connectivity index (χ4v) is 1.87. The predicted octanol–water partition coefficient (Wildman–Crippen LogP) is 2.40. The molecular formula is C18H27NO6. The lowest BCUT2D eigenvalue weighted by molar-refractivity contribution is -0.145. The Morgan fingerprint density at radius 2 is 1.52 bits per heavy atom. The Morgan fingerprint density at radius 1 is 0.920 bits per heavy atom. The molecule has 0 aromatic heterocycles. The van der Waals surface area contributed by atoms with E-state index in [9.17, 15) is 9.59 Å². The minimum atomic E-state index is -0.190. The highest BCUT2D eigenvalue weighted by atomic mass is 16.6. The smallest absolute Gasteiger partial charge is 0.305 e. The van der Waals surface area contributed by atoms with Gasteiger partial charge in [0, 0.05) is 19.0 Å². The van der Waals surface area contributed by atoms with Gasteiger partial charge in [0.15, 0.2) is 0 Å². The molecule has 0 saturated heterocycles. The van der Waals surface area contributed by atoms with E-state index in [1.54, 1.807) is 24.3 Å². The van der Waals surface area contributed by atoms with Crippen molar-refractivity contribution in [1.82, 2.24) is 0 Å². The summed E-state index contributed by atoms with van der Waals surface area (Å²) in [6.45, 7) is 5.80. The van der Waals surface area contributed by atoms with Crippen molar-refractivity contribution in [2.45, 2.75) is 26.7 Å². The molecule has 0 fully saturated rings. The largest absolute Gasteiger partial charge is 0.491 e. The second kappa shape index (κ2) is 13.2. The third-order valence-corrected chi connectivity index (χ3v) is 2.99. The number of hydrogen-bond donors (Lipinski definition) is 1. The topological polar surface area (TPSA) is 83.1 Å². The summed E-state index contributed by atoms with van der Waals surface area (Å²) in [5.41, 5.74) is 0.730. The third kappa shape index (κ3) is 11.1. The first-order valence-electron chi connectivity index (χ1n) is 8.43. The molecule has 1 aromatic carbocycles. The zero-order valence-corrected chi connectivity index (χ0v) is 14.9. The van der Waals surface area contributed by atoms with Gasteiger partial charge >= 0.3 is 5.97 Å². The average Bonchev–Trinajstić information content (AvgIpc) is 2.58. The third-order valence-electron chi connectivity index (χ3n) is 2.99. The summed E-state index contributed by atoms with van der Waals surface area (Å²) in [6.07, 6.45) is 1.23. The molecule has 1 N–H and O–H groups in total. The molecule has 7 nitrogen and oxygen atoms in total. The molecule has 0 bridgehead atoms. The molecule has 1 amide bonds. The Balaban J connectivity index is 1.95. The van der Waals surface area contributed by atoms with E-state index >= 15 is 0 Å². The first kappa shape index (κ1) is 20.9. The fraction of sp³-hybridized carbons (Fsp3) is 0.556. The van der Waals surface area contributed by atoms with Crippen LogP contribution in [0, 0.1) is 0 Å². The lowest BCUT2D eigenvalue weighted by Crippen LogP contribution is -2.14. The van der Waals surface area contributed by atoms with Crippen LogP contribution in [0.2, 0.25) is 0 Å². The summed E-state index contributed by atoms with van der Waals surface area (Å²) in [5.74, 6) is 0.413. The van der Waals surface area contributed by atoms with Gasteiger partial charge in [0.05, 0.1) is 26.4 Å². The van der Waals surface area contributed by atoms with Crippen molar-refractivity contribution in [3.63, 3.8) is 0 Å². The van der Waals surface area contributed by atoms with Gasteiger partial charge in [-0.25, -0.2) is 0 Å². The lowest BCUT2D eigenvalue weighted by atomic mass is 10.3. The highest BCUT2D eigenvalue weighted by molar-refractivity contribution is 5.88. The SMILES string of the molecule is CCCC(=O)OCCOCCOCCOc1ccc(NC(C)=O)cc1. The number of rotatable bonds is 13. The second-order valence-corrected chi connectivity index (χ2v) is 5.25. The number of nitrogens with one attached hydrogen (secondary N) is 1. The van der Waals surface area contributed by atoms with Crippen molar-refractivity contribution in [2.24, 2.45) is 0 Å². The van der Waals surface area contributed by atoms with E-state index in [4.69, 9.17) is 18.9 Å². The zero-order valence-electron chi connectivity index (χ0n) is 14.9. The Labute approximate surface area is 148 Å². The van der Waals surface area contributed by atoms with Crippen molar-refractivity contribution in [3.05, 3.63) is 24.3 Å². The van der Waals surface area contributed by atoms with Gasteiger partial charge < -0.3 is 24.3 Å². The summed E-state index contributed by atoms with van der Waals surface area (Å²) in [4.78, 5) is 22.0. The summed E-state index contributed by atoms with van der Waals surface area (Å²) in [7, 11) is 0. The summed E-state index contributed by atoms with van der Waals surface area (Å²) in [6, 6.07) is 7.12. The lowest BCUT2D eigenvalue weighted by Gasteiger charge is -2.09. The number of carbonyl (C=O) groups is 2. The van der Waals surface area contributed by atoms with Crippen LogP contribution in [0.15, 0.2) is 24.3 Å². The second-order valence-electron chi connectivity index (χ2n) is 5.25. The number of esters is 1. The van der Waals surface area contributed by atoms with Crippen LogP contribution in [0.5, 0.6) is 5.75 Å². The van der Waals surface area contributed by atoms with Crippen LogP contribution in [0.1, 0.15) is 26.7 Å². The van der Waals surface area contributed by atoms with Gasteiger partial charge in [-0.1, -0.05) is 6.92 Å². The van der Waals surface area contributed by atoms with Gasteiger partial charge in [0.2, 0.25) is 5.91 Å². The molecule has 140 valence electrons. The minimum absolute atomic E-state index is 0.108. The van der Waals surface area contributed by atoms with Crippen LogP contribution in [0.4, 0.5) is 5.69 Å². The van der Waals surface area contributed by atoms with Crippen molar-refractivity contribution < 1.29 is 28.5 Å². The molecule has 7 heteroatoms. The summed E-state index contributed by atoms with van der Waals surface area (Å²) in [5, 5.41) is 2.69. The van der Waals surface area contributed by atoms with Crippen LogP contribution in [-0.4, -0.2) is 51.5 Å². The fourth-order valence-electron chi connectivity index (χ4n) is 1.87. The zero-order chi connectivity index (χ0) is 18.3. The van der Waals surface area contributed by atoms with Gasteiger partial charge in [-0.2, -0.15) is 0 Å². The predicted molar refractivity (Wildman–Crippen MR) is 93.7 cm³/mol.